The molecule has 2 rings (SSSR count). The van der Waals surface area contributed by atoms with Crippen LogP contribution in [0.4, 0.5) is 11.4 Å². The summed E-state index contributed by atoms with van der Waals surface area (Å²) in [5.74, 6) is 0. The number of nitrogens with one attached hydrogen (secondary N) is 3. The molecule has 0 saturated carbocycles. The molecule has 0 bridgehead atoms. The second-order valence-corrected chi connectivity index (χ2v) is 4.40. The minimum Gasteiger partial charge on any atom is -0.381 e. The molecule has 1 fully saturated rings. The molecule has 0 amide bonds. The zero-order valence-corrected chi connectivity index (χ0v) is 10.8. The summed E-state index contributed by atoms with van der Waals surface area (Å²) in [5.41, 5.74) is 2.35. The van der Waals surface area contributed by atoms with Crippen molar-refractivity contribution in [1.82, 2.24) is 5.32 Å². The lowest BCUT2D eigenvalue weighted by Gasteiger charge is -2.24. The Kier molecular flexibility index (Phi) is 4.08. The van der Waals surface area contributed by atoms with Crippen LogP contribution in [-0.4, -0.2) is 19.1 Å². The molecule has 0 spiro atoms. The average Bonchev–Trinajstić information content (AvgIpc) is 2.31. The third-order valence-electron chi connectivity index (χ3n) is 2.66. The van der Waals surface area contributed by atoms with E-state index in [0.29, 0.717) is 6.04 Å². The van der Waals surface area contributed by atoms with Gasteiger partial charge in [-0.15, -0.1) is 0 Å². The van der Waals surface area contributed by atoms with E-state index in [1.54, 1.807) is 0 Å². The van der Waals surface area contributed by atoms with Gasteiger partial charge in [0.15, 0.2) is 0 Å². The third-order valence-corrected chi connectivity index (χ3v) is 3.28. The highest BCUT2D eigenvalue weighted by Crippen LogP contribution is 2.17. The summed E-state index contributed by atoms with van der Waals surface area (Å²) >= 11 is 2.14. The van der Waals surface area contributed by atoms with Gasteiger partial charge in [0.2, 0.25) is 0 Å². The van der Waals surface area contributed by atoms with Crippen molar-refractivity contribution in [2.24, 2.45) is 0 Å². The lowest BCUT2D eigenvalue weighted by Crippen LogP contribution is -2.38. The van der Waals surface area contributed by atoms with Gasteiger partial charge in [0.05, 0.1) is 22.9 Å². The third kappa shape index (κ3) is 3.24. The van der Waals surface area contributed by atoms with Gasteiger partial charge in [0.1, 0.15) is 0 Å². The van der Waals surface area contributed by atoms with E-state index in [4.69, 9.17) is 0 Å². The minimum absolute atomic E-state index is 0.581. The quantitative estimate of drug-likeness (QED) is 0.592. The Balaban J connectivity index is 1.91. The minimum atomic E-state index is 0.581. The number of piperidine rings is 1. The molecule has 1 unspecified atom stereocenters. The van der Waals surface area contributed by atoms with E-state index in [2.05, 4.69) is 61.3 Å². The summed E-state index contributed by atoms with van der Waals surface area (Å²) in [5, 5.41) is 6.94. The molecule has 0 aromatic heterocycles. The Hall–Kier alpha value is -0.490. The van der Waals surface area contributed by atoms with Gasteiger partial charge in [-0.2, -0.15) is 0 Å². The first-order chi connectivity index (χ1) is 7.38. The molecule has 1 saturated heterocycles. The van der Waals surface area contributed by atoms with Crippen molar-refractivity contribution in [2.45, 2.75) is 18.9 Å². The highest BCUT2D eigenvalue weighted by atomic mass is 127. The van der Waals surface area contributed by atoms with E-state index in [0.717, 1.165) is 18.8 Å². The van der Waals surface area contributed by atoms with Crippen LogP contribution in [0.1, 0.15) is 12.8 Å². The maximum Gasteiger partial charge on any atom is 0.0560 e. The molecule has 1 heterocycles. The van der Waals surface area contributed by atoms with Crippen molar-refractivity contribution in [3.8, 4) is 0 Å². The smallest absolute Gasteiger partial charge is 0.0560 e. The molecular formula is C11H16IN3. The van der Waals surface area contributed by atoms with Crippen LogP contribution in [0.25, 0.3) is 0 Å². The van der Waals surface area contributed by atoms with E-state index in [-0.39, 0.29) is 0 Å². The van der Waals surface area contributed by atoms with Crippen LogP contribution >= 0.6 is 22.9 Å². The topological polar surface area (TPSA) is 36.1 Å². The van der Waals surface area contributed by atoms with E-state index in [1.165, 1.54) is 18.5 Å². The van der Waals surface area contributed by atoms with Gasteiger partial charge >= 0.3 is 0 Å². The zero-order chi connectivity index (χ0) is 10.5. The summed E-state index contributed by atoms with van der Waals surface area (Å²) in [6.07, 6.45) is 2.53. The average molecular weight is 317 g/mol. The largest absolute Gasteiger partial charge is 0.381 e. The number of rotatable bonds is 3. The summed E-state index contributed by atoms with van der Waals surface area (Å²) < 4.78 is 3.09. The highest BCUT2D eigenvalue weighted by molar-refractivity contribution is 14.1. The van der Waals surface area contributed by atoms with Gasteiger partial charge in [0.25, 0.3) is 0 Å². The fraction of sp³-hybridized carbons (Fsp3) is 0.455. The molecule has 0 aliphatic carbocycles. The van der Waals surface area contributed by atoms with Crippen molar-refractivity contribution < 1.29 is 0 Å². The fourth-order valence-electron chi connectivity index (χ4n) is 1.84. The lowest BCUT2D eigenvalue weighted by atomic mass is 10.1. The van der Waals surface area contributed by atoms with Gasteiger partial charge in [-0.25, -0.2) is 0 Å². The molecule has 1 aliphatic rings. The van der Waals surface area contributed by atoms with Crippen LogP contribution in [-0.2, 0) is 0 Å². The SMILES string of the molecule is INc1ccc(NC2CCCNC2)cc1. The number of benzene rings is 1. The van der Waals surface area contributed by atoms with E-state index >= 15 is 0 Å². The van der Waals surface area contributed by atoms with Crippen LogP contribution in [0, 0.1) is 0 Å². The van der Waals surface area contributed by atoms with Crippen LogP contribution in [0.2, 0.25) is 0 Å². The van der Waals surface area contributed by atoms with Crippen LogP contribution < -0.4 is 14.2 Å². The second-order valence-electron chi connectivity index (χ2n) is 3.86. The molecule has 3 nitrogen and oxygen atoms in total. The summed E-state index contributed by atoms with van der Waals surface area (Å²) in [6, 6.07) is 9.00. The molecule has 1 atom stereocenters. The predicted octanol–water partition coefficient (Wildman–Crippen LogP) is 2.61. The summed E-state index contributed by atoms with van der Waals surface area (Å²) in [6.45, 7) is 2.24. The predicted molar refractivity (Wildman–Crippen MR) is 73.6 cm³/mol. The first kappa shape index (κ1) is 11.0. The van der Waals surface area contributed by atoms with Gasteiger partial charge in [-0.3, -0.25) is 0 Å². The van der Waals surface area contributed by atoms with Crippen molar-refractivity contribution in [2.75, 3.05) is 21.9 Å². The summed E-state index contributed by atoms with van der Waals surface area (Å²) in [7, 11) is 0. The molecule has 1 aromatic carbocycles. The number of anilines is 2. The molecule has 15 heavy (non-hydrogen) atoms. The van der Waals surface area contributed by atoms with Gasteiger partial charge < -0.3 is 14.2 Å². The van der Waals surface area contributed by atoms with Gasteiger partial charge in [-0.1, -0.05) is 0 Å². The molecule has 0 radical (unpaired) electrons. The van der Waals surface area contributed by atoms with Crippen LogP contribution in [0.5, 0.6) is 0 Å². The molecule has 3 N–H and O–H groups in total. The van der Waals surface area contributed by atoms with Crippen molar-refractivity contribution in [1.29, 1.82) is 0 Å². The van der Waals surface area contributed by atoms with Gasteiger partial charge in [-0.05, 0) is 43.7 Å². The Labute approximate surface area is 105 Å². The highest BCUT2D eigenvalue weighted by Gasteiger charge is 2.11. The number of hydrogen-bond acceptors (Lipinski definition) is 3. The van der Waals surface area contributed by atoms with Crippen LogP contribution in [0.15, 0.2) is 24.3 Å². The number of hydrogen-bond donors (Lipinski definition) is 3. The monoisotopic (exact) mass is 317 g/mol. The zero-order valence-electron chi connectivity index (χ0n) is 8.59. The molecule has 1 aromatic rings. The molecule has 1 aliphatic heterocycles. The van der Waals surface area contributed by atoms with E-state index in [1.807, 2.05) is 0 Å². The maximum atomic E-state index is 3.54. The standard InChI is InChI=1S/C11H16IN3/c12-15-10-5-3-9(4-6-10)14-11-2-1-7-13-8-11/h3-6,11,13-15H,1-2,7-8H2. The number of halogens is 1. The Morgan fingerprint density at radius 3 is 2.53 bits per heavy atom. The Bertz CT molecular complexity index is 293. The lowest BCUT2D eigenvalue weighted by molar-refractivity contribution is 0.480. The second kappa shape index (κ2) is 5.55. The van der Waals surface area contributed by atoms with Gasteiger partial charge in [0, 0.05) is 24.0 Å². The van der Waals surface area contributed by atoms with Crippen molar-refractivity contribution >= 4 is 34.2 Å². The Morgan fingerprint density at radius 1 is 1.20 bits per heavy atom. The normalized spacial score (nSPS) is 21.0. The Morgan fingerprint density at radius 2 is 1.93 bits per heavy atom. The molecular weight excluding hydrogens is 301 g/mol. The van der Waals surface area contributed by atoms with Crippen molar-refractivity contribution in [3.05, 3.63) is 24.3 Å². The van der Waals surface area contributed by atoms with E-state index in [9.17, 15) is 0 Å². The molecule has 4 heteroatoms. The summed E-state index contributed by atoms with van der Waals surface area (Å²) in [4.78, 5) is 0. The fourth-order valence-corrected chi connectivity index (χ4v) is 2.20. The first-order valence-electron chi connectivity index (χ1n) is 5.32. The van der Waals surface area contributed by atoms with Crippen LogP contribution in [0.3, 0.4) is 0 Å². The first-order valence-corrected chi connectivity index (χ1v) is 6.40. The van der Waals surface area contributed by atoms with Crippen molar-refractivity contribution in [3.63, 3.8) is 0 Å². The molecule has 82 valence electrons. The van der Waals surface area contributed by atoms with E-state index < -0.39 is 0 Å². The maximum absolute atomic E-state index is 3.54.